The van der Waals surface area contributed by atoms with Crippen molar-refractivity contribution in [3.8, 4) is 0 Å². The van der Waals surface area contributed by atoms with Crippen LogP contribution in [0.3, 0.4) is 0 Å². The van der Waals surface area contributed by atoms with Gasteiger partial charge in [0.2, 0.25) is 11.8 Å². The van der Waals surface area contributed by atoms with Crippen molar-refractivity contribution in [3.05, 3.63) is 46.6 Å². The van der Waals surface area contributed by atoms with Gasteiger partial charge in [0, 0.05) is 10.9 Å². The Kier molecular flexibility index (Phi) is 4.39. The maximum absolute atomic E-state index is 11.1. The summed E-state index contributed by atoms with van der Waals surface area (Å²) in [5.74, 6) is -0.526. The van der Waals surface area contributed by atoms with Gasteiger partial charge >= 0.3 is 5.97 Å². The molecule has 0 spiro atoms. The number of carboxylic acids is 1. The summed E-state index contributed by atoms with van der Waals surface area (Å²) < 4.78 is 5.57. The molecule has 5 nitrogen and oxygen atoms in total. The van der Waals surface area contributed by atoms with Gasteiger partial charge in [0.15, 0.2) is 0 Å². The van der Waals surface area contributed by atoms with E-state index in [0.717, 1.165) is 5.56 Å². The molecule has 1 aromatic carbocycles. The van der Waals surface area contributed by atoms with Crippen molar-refractivity contribution in [1.29, 1.82) is 0 Å². The zero-order valence-electron chi connectivity index (χ0n) is 11.2. The Hall–Kier alpha value is -1.88. The Bertz CT molecular complexity index is 610. The van der Waals surface area contributed by atoms with Gasteiger partial charge in [-0.05, 0) is 17.7 Å². The number of carboxylic acid groups (broad SMARTS) is 1. The minimum Gasteiger partial charge on any atom is -0.481 e. The lowest BCUT2D eigenvalue weighted by Gasteiger charge is -2.11. The highest BCUT2D eigenvalue weighted by atomic mass is 35.5. The lowest BCUT2D eigenvalue weighted by molar-refractivity contribution is -0.137. The van der Waals surface area contributed by atoms with Crippen LogP contribution >= 0.6 is 11.6 Å². The number of carbonyl (C=O) groups is 1. The van der Waals surface area contributed by atoms with Crippen LogP contribution in [0, 0.1) is 0 Å². The van der Waals surface area contributed by atoms with Crippen LogP contribution in [-0.2, 0) is 4.79 Å². The lowest BCUT2D eigenvalue weighted by Crippen LogP contribution is -2.08. The number of halogens is 1. The summed E-state index contributed by atoms with van der Waals surface area (Å²) in [5, 5.41) is 17.5. The van der Waals surface area contributed by atoms with Crippen LogP contribution in [0.1, 0.15) is 49.4 Å². The molecule has 0 aliphatic carbocycles. The average Bonchev–Trinajstić information content (AvgIpc) is 2.85. The molecule has 0 saturated carbocycles. The zero-order valence-corrected chi connectivity index (χ0v) is 12.0. The van der Waals surface area contributed by atoms with Crippen LogP contribution in [0.15, 0.2) is 28.7 Å². The van der Waals surface area contributed by atoms with Crippen LogP contribution < -0.4 is 0 Å². The summed E-state index contributed by atoms with van der Waals surface area (Å²) in [6.45, 7) is 3.87. The van der Waals surface area contributed by atoms with E-state index in [1.807, 2.05) is 13.8 Å². The first kappa shape index (κ1) is 14.5. The molecule has 2 aromatic rings. The molecule has 6 heteroatoms. The quantitative estimate of drug-likeness (QED) is 0.914. The summed E-state index contributed by atoms with van der Waals surface area (Å²) in [7, 11) is 0. The first-order chi connectivity index (χ1) is 9.47. The number of aliphatic carboxylic acids is 1. The Morgan fingerprint density at radius 3 is 2.60 bits per heavy atom. The van der Waals surface area contributed by atoms with Gasteiger partial charge in [0.25, 0.3) is 0 Å². The molecule has 0 aliphatic rings. The van der Waals surface area contributed by atoms with E-state index in [-0.39, 0.29) is 12.3 Å². The summed E-state index contributed by atoms with van der Waals surface area (Å²) in [6, 6.07) is 7.02. The van der Waals surface area contributed by atoms with Crippen molar-refractivity contribution >= 4 is 17.6 Å². The molecule has 20 heavy (non-hydrogen) atoms. The van der Waals surface area contributed by atoms with Gasteiger partial charge in [-0.3, -0.25) is 4.79 Å². The number of benzene rings is 1. The van der Waals surface area contributed by atoms with Crippen LogP contribution in [-0.4, -0.2) is 21.3 Å². The third-order valence-electron chi connectivity index (χ3n) is 2.88. The van der Waals surface area contributed by atoms with Gasteiger partial charge in [0.1, 0.15) is 0 Å². The summed E-state index contributed by atoms with van der Waals surface area (Å²) in [4.78, 5) is 11.1. The van der Waals surface area contributed by atoms with E-state index >= 15 is 0 Å². The number of nitrogens with zero attached hydrogens (tertiary/aromatic N) is 2. The molecule has 106 valence electrons. The smallest absolute Gasteiger partial charge is 0.304 e. The normalized spacial score (nSPS) is 12.6. The summed E-state index contributed by atoms with van der Waals surface area (Å²) in [5.41, 5.74) is 0.749. The SMILES string of the molecule is CC(C)c1nnc([C@H](CC(=O)O)c2cccc(Cl)c2)o1. The number of aromatic nitrogens is 2. The van der Waals surface area contributed by atoms with Crippen molar-refractivity contribution in [2.75, 3.05) is 0 Å². The first-order valence-electron chi connectivity index (χ1n) is 6.28. The number of rotatable bonds is 5. The van der Waals surface area contributed by atoms with Crippen LogP contribution in [0.2, 0.25) is 5.02 Å². The minimum absolute atomic E-state index is 0.0982. The van der Waals surface area contributed by atoms with Crippen LogP contribution in [0.5, 0.6) is 0 Å². The summed E-state index contributed by atoms with van der Waals surface area (Å²) in [6.07, 6.45) is -0.125. The number of hydrogen-bond donors (Lipinski definition) is 1. The van der Waals surface area contributed by atoms with E-state index in [4.69, 9.17) is 21.1 Å². The maximum atomic E-state index is 11.1. The fraction of sp³-hybridized carbons (Fsp3) is 0.357. The molecule has 0 unspecified atom stereocenters. The Morgan fingerprint density at radius 1 is 1.35 bits per heavy atom. The van der Waals surface area contributed by atoms with Crippen LogP contribution in [0.4, 0.5) is 0 Å². The van der Waals surface area contributed by atoms with Crippen molar-refractivity contribution < 1.29 is 14.3 Å². The second-order valence-corrected chi connectivity index (χ2v) is 5.28. The van der Waals surface area contributed by atoms with E-state index in [2.05, 4.69) is 10.2 Å². The third kappa shape index (κ3) is 3.36. The highest BCUT2D eigenvalue weighted by Crippen LogP contribution is 2.29. The van der Waals surface area contributed by atoms with Gasteiger partial charge in [-0.25, -0.2) is 0 Å². The molecule has 1 N–H and O–H groups in total. The Morgan fingerprint density at radius 2 is 2.05 bits per heavy atom. The summed E-state index contributed by atoms with van der Waals surface area (Å²) >= 11 is 5.95. The second-order valence-electron chi connectivity index (χ2n) is 4.84. The molecule has 0 aliphatic heterocycles. The second kappa shape index (κ2) is 6.05. The van der Waals surface area contributed by atoms with Crippen molar-refractivity contribution in [2.45, 2.75) is 32.1 Å². The van der Waals surface area contributed by atoms with Crippen molar-refractivity contribution in [3.63, 3.8) is 0 Å². The monoisotopic (exact) mass is 294 g/mol. The molecule has 0 amide bonds. The largest absolute Gasteiger partial charge is 0.481 e. The molecule has 0 bridgehead atoms. The van der Waals surface area contributed by atoms with Crippen molar-refractivity contribution in [1.82, 2.24) is 10.2 Å². The van der Waals surface area contributed by atoms with E-state index in [0.29, 0.717) is 16.8 Å². The predicted molar refractivity (Wildman–Crippen MR) is 73.9 cm³/mol. The van der Waals surface area contributed by atoms with E-state index in [1.54, 1.807) is 24.3 Å². The van der Waals surface area contributed by atoms with Gasteiger partial charge in [-0.1, -0.05) is 37.6 Å². The topological polar surface area (TPSA) is 76.2 Å². The molecule has 1 heterocycles. The lowest BCUT2D eigenvalue weighted by atomic mass is 9.96. The van der Waals surface area contributed by atoms with Gasteiger partial charge in [0.05, 0.1) is 12.3 Å². The predicted octanol–water partition coefficient (Wildman–Crippen LogP) is 3.45. The van der Waals surface area contributed by atoms with Gasteiger partial charge in [-0.2, -0.15) is 0 Å². The fourth-order valence-corrected chi connectivity index (χ4v) is 2.07. The highest BCUT2D eigenvalue weighted by Gasteiger charge is 2.24. The van der Waals surface area contributed by atoms with E-state index < -0.39 is 11.9 Å². The van der Waals surface area contributed by atoms with Gasteiger partial charge < -0.3 is 9.52 Å². The highest BCUT2D eigenvalue weighted by molar-refractivity contribution is 6.30. The Labute approximate surface area is 121 Å². The molecular formula is C14H15ClN2O3. The minimum atomic E-state index is -0.931. The molecule has 0 fully saturated rings. The molecule has 0 radical (unpaired) electrons. The standard InChI is InChI=1S/C14H15ClN2O3/c1-8(2)13-16-17-14(20-13)11(7-12(18)19)9-4-3-5-10(15)6-9/h3-6,8,11H,7H2,1-2H3,(H,18,19)/t11-/m1/s1. The molecule has 1 atom stereocenters. The fourth-order valence-electron chi connectivity index (χ4n) is 1.87. The van der Waals surface area contributed by atoms with E-state index in [1.165, 1.54) is 0 Å². The number of hydrogen-bond acceptors (Lipinski definition) is 4. The first-order valence-corrected chi connectivity index (χ1v) is 6.65. The van der Waals surface area contributed by atoms with E-state index in [9.17, 15) is 4.79 Å². The molecule has 1 aromatic heterocycles. The maximum Gasteiger partial charge on any atom is 0.304 e. The van der Waals surface area contributed by atoms with Crippen molar-refractivity contribution in [2.24, 2.45) is 0 Å². The molecule has 2 rings (SSSR count). The van der Waals surface area contributed by atoms with Gasteiger partial charge in [-0.15, -0.1) is 10.2 Å². The molecule has 0 saturated heterocycles. The third-order valence-corrected chi connectivity index (χ3v) is 3.11. The Balaban J connectivity index is 2.38. The van der Waals surface area contributed by atoms with Crippen LogP contribution in [0.25, 0.3) is 0 Å². The zero-order chi connectivity index (χ0) is 14.7. The molecular weight excluding hydrogens is 280 g/mol. The average molecular weight is 295 g/mol.